The maximum Gasteiger partial charge on any atom is 0.147 e. The first-order valence-electron chi connectivity index (χ1n) is 5.21. The Bertz CT molecular complexity index is 570. The van der Waals surface area contributed by atoms with Crippen LogP contribution in [-0.4, -0.2) is 28.6 Å². The number of nitrogens with one attached hydrogen (secondary N) is 1. The van der Waals surface area contributed by atoms with Gasteiger partial charge in [-0.3, -0.25) is 5.41 Å². The van der Waals surface area contributed by atoms with E-state index in [1.807, 2.05) is 36.6 Å². The summed E-state index contributed by atoms with van der Waals surface area (Å²) in [6, 6.07) is 3.68. The molecule has 84 valence electrons. The smallest absolute Gasteiger partial charge is 0.147 e. The van der Waals surface area contributed by atoms with Crippen LogP contribution >= 0.6 is 0 Å². The molecule has 5 heteroatoms. The van der Waals surface area contributed by atoms with Crippen molar-refractivity contribution in [1.29, 1.82) is 5.41 Å². The summed E-state index contributed by atoms with van der Waals surface area (Å²) >= 11 is 0. The van der Waals surface area contributed by atoms with Crippen LogP contribution in [0.2, 0.25) is 0 Å². The number of pyridine rings is 1. The Hall–Kier alpha value is -1.91. The van der Waals surface area contributed by atoms with E-state index in [9.17, 15) is 0 Å². The fraction of sp³-hybridized carbons (Fsp3) is 0.364. The molecule has 0 aliphatic rings. The number of aromatic nitrogens is 3. The molecule has 2 aromatic rings. The van der Waals surface area contributed by atoms with Gasteiger partial charge in [-0.15, -0.1) is 0 Å². The van der Waals surface area contributed by atoms with Crippen LogP contribution < -0.4 is 10.4 Å². The van der Waals surface area contributed by atoms with Gasteiger partial charge in [0.1, 0.15) is 23.3 Å². The molecule has 0 unspecified atom stereocenters. The monoisotopic (exact) mass is 217 g/mol. The maximum atomic E-state index is 7.82. The van der Waals surface area contributed by atoms with Gasteiger partial charge in [0.05, 0.1) is 5.39 Å². The summed E-state index contributed by atoms with van der Waals surface area (Å²) in [5.41, 5.74) is 1.28. The first kappa shape index (κ1) is 10.6. The summed E-state index contributed by atoms with van der Waals surface area (Å²) in [6.07, 6.45) is 1.54. The molecule has 0 saturated heterocycles. The van der Waals surface area contributed by atoms with Gasteiger partial charge in [-0.05, 0) is 19.1 Å². The van der Waals surface area contributed by atoms with Crippen molar-refractivity contribution in [3.63, 3.8) is 0 Å². The SMILES string of the molecule is CCn1c(=N)ccc2c(N(C)C)ncnc21. The topological polar surface area (TPSA) is 57.8 Å². The van der Waals surface area contributed by atoms with Gasteiger partial charge in [0.2, 0.25) is 0 Å². The average Bonchev–Trinajstić information content (AvgIpc) is 2.27. The minimum atomic E-state index is 0.471. The van der Waals surface area contributed by atoms with Crippen molar-refractivity contribution < 1.29 is 0 Å². The van der Waals surface area contributed by atoms with Gasteiger partial charge in [-0.2, -0.15) is 0 Å². The van der Waals surface area contributed by atoms with E-state index in [1.54, 1.807) is 12.4 Å². The lowest BCUT2D eigenvalue weighted by molar-refractivity contribution is 0.723. The second-order valence-corrected chi connectivity index (χ2v) is 3.79. The molecule has 1 N–H and O–H groups in total. The van der Waals surface area contributed by atoms with Crippen LogP contribution in [0.25, 0.3) is 11.0 Å². The molecule has 0 saturated carbocycles. The van der Waals surface area contributed by atoms with Crippen molar-refractivity contribution in [1.82, 2.24) is 14.5 Å². The van der Waals surface area contributed by atoms with Crippen LogP contribution in [-0.2, 0) is 6.54 Å². The van der Waals surface area contributed by atoms with E-state index >= 15 is 0 Å². The average molecular weight is 217 g/mol. The fourth-order valence-electron chi connectivity index (χ4n) is 1.78. The Morgan fingerprint density at radius 3 is 2.69 bits per heavy atom. The number of rotatable bonds is 2. The van der Waals surface area contributed by atoms with E-state index in [0.29, 0.717) is 5.49 Å². The maximum absolute atomic E-state index is 7.82. The van der Waals surface area contributed by atoms with Gasteiger partial charge in [-0.1, -0.05) is 0 Å². The molecule has 0 radical (unpaired) electrons. The molecule has 0 fully saturated rings. The number of aryl methyl sites for hydroxylation is 1. The van der Waals surface area contributed by atoms with Crippen molar-refractivity contribution in [2.24, 2.45) is 0 Å². The Balaban J connectivity index is 2.87. The van der Waals surface area contributed by atoms with Gasteiger partial charge in [0.15, 0.2) is 0 Å². The van der Waals surface area contributed by atoms with Crippen molar-refractivity contribution in [2.45, 2.75) is 13.5 Å². The van der Waals surface area contributed by atoms with Crippen LogP contribution in [0.15, 0.2) is 18.5 Å². The summed E-state index contributed by atoms with van der Waals surface area (Å²) in [5, 5.41) is 8.80. The van der Waals surface area contributed by atoms with Crippen LogP contribution in [0.3, 0.4) is 0 Å². The third-order valence-electron chi connectivity index (χ3n) is 2.54. The van der Waals surface area contributed by atoms with Crippen molar-refractivity contribution in [3.8, 4) is 0 Å². The molecule has 2 aromatic heterocycles. The molecule has 0 amide bonds. The molecule has 0 aliphatic heterocycles. The molecule has 16 heavy (non-hydrogen) atoms. The number of hydrogen-bond acceptors (Lipinski definition) is 4. The highest BCUT2D eigenvalue weighted by molar-refractivity contribution is 5.86. The van der Waals surface area contributed by atoms with Gasteiger partial charge < -0.3 is 9.47 Å². The molecular weight excluding hydrogens is 202 g/mol. The van der Waals surface area contributed by atoms with Crippen LogP contribution in [0, 0.1) is 5.41 Å². The molecule has 5 nitrogen and oxygen atoms in total. The van der Waals surface area contributed by atoms with Gasteiger partial charge >= 0.3 is 0 Å². The Morgan fingerprint density at radius 1 is 1.31 bits per heavy atom. The molecular formula is C11H15N5. The largest absolute Gasteiger partial charge is 0.362 e. The van der Waals surface area contributed by atoms with E-state index < -0.39 is 0 Å². The van der Waals surface area contributed by atoms with Gasteiger partial charge in [0, 0.05) is 20.6 Å². The predicted molar refractivity (Wildman–Crippen MR) is 63.4 cm³/mol. The summed E-state index contributed by atoms with van der Waals surface area (Å²) < 4.78 is 1.87. The van der Waals surface area contributed by atoms with Crippen molar-refractivity contribution in [3.05, 3.63) is 23.9 Å². The lowest BCUT2D eigenvalue weighted by Gasteiger charge is -2.15. The highest BCUT2D eigenvalue weighted by atomic mass is 15.2. The molecule has 0 spiro atoms. The summed E-state index contributed by atoms with van der Waals surface area (Å²) in [5.74, 6) is 0.882. The lowest BCUT2D eigenvalue weighted by atomic mass is 10.3. The van der Waals surface area contributed by atoms with E-state index in [1.165, 1.54) is 0 Å². The standard InChI is InChI=1S/C11H15N5/c1-4-16-9(12)6-5-8-10(15(2)3)13-7-14-11(8)16/h5-7,12H,4H2,1-3H3. The fourth-order valence-corrected chi connectivity index (χ4v) is 1.78. The number of hydrogen-bond donors (Lipinski definition) is 1. The minimum absolute atomic E-state index is 0.471. The highest BCUT2D eigenvalue weighted by Crippen LogP contribution is 2.19. The highest BCUT2D eigenvalue weighted by Gasteiger charge is 2.07. The Labute approximate surface area is 93.9 Å². The number of nitrogens with zero attached hydrogens (tertiary/aromatic N) is 4. The lowest BCUT2D eigenvalue weighted by Crippen LogP contribution is -2.20. The zero-order valence-corrected chi connectivity index (χ0v) is 9.73. The molecule has 0 aliphatic carbocycles. The van der Waals surface area contributed by atoms with Gasteiger partial charge in [-0.25, -0.2) is 9.97 Å². The predicted octanol–water partition coefficient (Wildman–Crippen LogP) is 0.997. The zero-order valence-electron chi connectivity index (χ0n) is 9.73. The second kappa shape index (κ2) is 3.92. The quantitative estimate of drug-likeness (QED) is 0.816. The molecule has 2 rings (SSSR count). The number of anilines is 1. The minimum Gasteiger partial charge on any atom is -0.362 e. The van der Waals surface area contributed by atoms with Crippen LogP contribution in [0.1, 0.15) is 6.92 Å². The van der Waals surface area contributed by atoms with E-state index in [0.717, 1.165) is 23.4 Å². The first-order valence-corrected chi connectivity index (χ1v) is 5.21. The van der Waals surface area contributed by atoms with Crippen LogP contribution in [0.4, 0.5) is 5.82 Å². The summed E-state index contributed by atoms with van der Waals surface area (Å²) in [7, 11) is 3.90. The summed E-state index contributed by atoms with van der Waals surface area (Å²) in [6.45, 7) is 2.75. The van der Waals surface area contributed by atoms with Crippen molar-refractivity contribution in [2.75, 3.05) is 19.0 Å². The third-order valence-corrected chi connectivity index (χ3v) is 2.54. The molecule has 0 aromatic carbocycles. The van der Waals surface area contributed by atoms with Gasteiger partial charge in [0.25, 0.3) is 0 Å². The third kappa shape index (κ3) is 1.54. The normalized spacial score (nSPS) is 10.7. The van der Waals surface area contributed by atoms with E-state index in [4.69, 9.17) is 5.41 Å². The Morgan fingerprint density at radius 2 is 2.06 bits per heavy atom. The summed E-state index contributed by atoms with van der Waals surface area (Å²) in [4.78, 5) is 10.5. The second-order valence-electron chi connectivity index (χ2n) is 3.79. The number of fused-ring (bicyclic) bond motifs is 1. The van der Waals surface area contributed by atoms with Crippen LogP contribution in [0.5, 0.6) is 0 Å². The van der Waals surface area contributed by atoms with E-state index in [-0.39, 0.29) is 0 Å². The first-order chi connectivity index (χ1) is 7.65. The zero-order chi connectivity index (χ0) is 11.7. The molecule has 0 atom stereocenters. The van der Waals surface area contributed by atoms with E-state index in [2.05, 4.69) is 9.97 Å². The molecule has 0 bridgehead atoms. The molecule has 2 heterocycles. The van der Waals surface area contributed by atoms with Crippen molar-refractivity contribution >= 4 is 16.9 Å². The Kier molecular flexibility index (Phi) is 2.60.